The molecule has 2 rings (SSSR count). The zero-order valence-corrected chi connectivity index (χ0v) is 11.1. The summed E-state index contributed by atoms with van der Waals surface area (Å²) >= 11 is 0. The van der Waals surface area contributed by atoms with Crippen molar-refractivity contribution >= 4 is 17.7 Å². The first-order valence-electron chi connectivity index (χ1n) is 5.74. The van der Waals surface area contributed by atoms with Crippen molar-refractivity contribution in [3.8, 4) is 5.82 Å². The fourth-order valence-corrected chi connectivity index (χ4v) is 1.49. The van der Waals surface area contributed by atoms with Crippen molar-refractivity contribution in [1.29, 1.82) is 0 Å². The predicted molar refractivity (Wildman–Crippen MR) is 64.2 cm³/mol. The minimum Gasteiger partial charge on any atom is -0.461 e. The Bertz CT molecular complexity index is 646. The summed E-state index contributed by atoms with van der Waals surface area (Å²) in [6.07, 6.45) is 0. The van der Waals surface area contributed by atoms with Crippen LogP contribution in [0.1, 0.15) is 30.0 Å². The summed E-state index contributed by atoms with van der Waals surface area (Å²) in [4.78, 5) is 22.7. The van der Waals surface area contributed by atoms with Gasteiger partial charge in [0.25, 0.3) is 0 Å². The Morgan fingerprint density at radius 3 is 2.80 bits per heavy atom. The van der Waals surface area contributed by atoms with Crippen molar-refractivity contribution in [2.24, 2.45) is 0 Å². The second-order valence-electron chi connectivity index (χ2n) is 3.77. The molecule has 20 heavy (non-hydrogen) atoms. The molecule has 0 aliphatic rings. The molecule has 1 amide bonds. The van der Waals surface area contributed by atoms with Crippen LogP contribution in [-0.2, 0) is 9.53 Å². The number of amides is 1. The van der Waals surface area contributed by atoms with Gasteiger partial charge < -0.3 is 10.1 Å². The molecule has 0 saturated heterocycles. The third-order valence-corrected chi connectivity index (χ3v) is 2.33. The van der Waals surface area contributed by atoms with Gasteiger partial charge in [0.05, 0.1) is 12.3 Å². The van der Waals surface area contributed by atoms with E-state index < -0.39 is 5.97 Å². The van der Waals surface area contributed by atoms with E-state index in [9.17, 15) is 9.59 Å². The lowest BCUT2D eigenvalue weighted by Gasteiger charge is -2.01. The van der Waals surface area contributed by atoms with Crippen molar-refractivity contribution in [1.82, 2.24) is 25.3 Å². The molecule has 0 atom stereocenters. The first-order chi connectivity index (χ1) is 9.54. The van der Waals surface area contributed by atoms with Gasteiger partial charge >= 0.3 is 5.97 Å². The summed E-state index contributed by atoms with van der Waals surface area (Å²) in [6.45, 7) is 4.84. The molecule has 106 valence electrons. The number of carbonyl (C=O) groups excluding carboxylic acids is 2. The minimum absolute atomic E-state index is 0.0589. The van der Waals surface area contributed by atoms with Crippen LogP contribution in [0.2, 0.25) is 0 Å². The molecule has 0 saturated carbocycles. The molecule has 2 aromatic heterocycles. The number of carbonyl (C=O) groups is 2. The van der Waals surface area contributed by atoms with Crippen molar-refractivity contribution in [3.63, 3.8) is 0 Å². The van der Waals surface area contributed by atoms with E-state index in [1.807, 2.05) is 0 Å². The van der Waals surface area contributed by atoms with Crippen LogP contribution in [0.3, 0.4) is 0 Å². The number of hydrogen-bond acceptors (Lipinski definition) is 8. The Morgan fingerprint density at radius 2 is 2.15 bits per heavy atom. The van der Waals surface area contributed by atoms with Gasteiger partial charge in [-0.1, -0.05) is 5.21 Å². The summed E-state index contributed by atoms with van der Waals surface area (Å²) in [5, 5.41) is 17.1. The normalized spacial score (nSPS) is 10.3. The number of anilines is 1. The van der Waals surface area contributed by atoms with Crippen molar-refractivity contribution < 1.29 is 19.0 Å². The third kappa shape index (κ3) is 2.48. The minimum atomic E-state index is -0.589. The summed E-state index contributed by atoms with van der Waals surface area (Å²) in [5.74, 6) is -0.722. The van der Waals surface area contributed by atoms with Gasteiger partial charge in [-0.2, -0.15) is 4.68 Å². The number of nitrogens with one attached hydrogen (secondary N) is 1. The Labute approximate surface area is 113 Å². The highest BCUT2D eigenvalue weighted by atomic mass is 16.6. The number of esters is 1. The lowest BCUT2D eigenvalue weighted by Crippen LogP contribution is -2.11. The van der Waals surface area contributed by atoms with Crippen LogP contribution in [-0.4, -0.2) is 43.8 Å². The molecule has 1 N–H and O–H groups in total. The molecular weight excluding hydrogens is 268 g/mol. The van der Waals surface area contributed by atoms with Crippen molar-refractivity contribution in [3.05, 3.63) is 11.4 Å². The van der Waals surface area contributed by atoms with E-state index in [1.54, 1.807) is 13.8 Å². The fourth-order valence-electron chi connectivity index (χ4n) is 1.49. The maximum atomic E-state index is 11.6. The van der Waals surface area contributed by atoms with Gasteiger partial charge in [-0.05, 0) is 24.2 Å². The number of aromatic nitrogens is 5. The Hall–Kier alpha value is -2.78. The Kier molecular flexibility index (Phi) is 3.73. The standard InChI is InChI=1S/C10H12N6O4/c1-4-19-10(18)7-5(2)16(15-12-7)9-8(11-6(3)17)13-20-14-9/h4H2,1-3H3,(H,11,13,17). The number of hydrogen-bond donors (Lipinski definition) is 1. The summed E-state index contributed by atoms with van der Waals surface area (Å²) in [6, 6.07) is 0. The van der Waals surface area contributed by atoms with E-state index in [1.165, 1.54) is 11.6 Å². The second-order valence-corrected chi connectivity index (χ2v) is 3.77. The highest BCUT2D eigenvalue weighted by Crippen LogP contribution is 2.17. The van der Waals surface area contributed by atoms with E-state index in [0.717, 1.165) is 0 Å². The number of nitrogens with zero attached hydrogens (tertiary/aromatic N) is 5. The SMILES string of the molecule is CCOC(=O)c1nnn(-c2nonc2NC(C)=O)c1C. The average molecular weight is 280 g/mol. The fraction of sp³-hybridized carbons (Fsp3) is 0.400. The summed E-state index contributed by atoms with van der Waals surface area (Å²) in [5.41, 5.74) is 0.453. The quantitative estimate of drug-likeness (QED) is 0.781. The maximum Gasteiger partial charge on any atom is 0.360 e. The lowest BCUT2D eigenvalue weighted by atomic mass is 10.3. The van der Waals surface area contributed by atoms with Crippen LogP contribution < -0.4 is 5.32 Å². The van der Waals surface area contributed by atoms with Gasteiger partial charge in [-0.15, -0.1) is 5.10 Å². The zero-order chi connectivity index (χ0) is 14.7. The third-order valence-electron chi connectivity index (χ3n) is 2.33. The summed E-state index contributed by atoms with van der Waals surface area (Å²) < 4.78 is 10.6. The smallest absolute Gasteiger partial charge is 0.360 e. The Balaban J connectivity index is 2.37. The van der Waals surface area contributed by atoms with Crippen molar-refractivity contribution in [2.45, 2.75) is 20.8 Å². The van der Waals surface area contributed by atoms with E-state index in [0.29, 0.717) is 5.69 Å². The molecule has 0 radical (unpaired) electrons. The van der Waals surface area contributed by atoms with Gasteiger partial charge in [-0.25, -0.2) is 9.42 Å². The molecule has 0 bridgehead atoms. The van der Waals surface area contributed by atoms with E-state index in [4.69, 9.17) is 4.74 Å². The van der Waals surface area contributed by atoms with Gasteiger partial charge in [0.15, 0.2) is 5.69 Å². The number of rotatable bonds is 4. The number of ether oxygens (including phenoxy) is 1. The van der Waals surface area contributed by atoms with E-state index in [2.05, 4.69) is 30.6 Å². The van der Waals surface area contributed by atoms with Crippen LogP contribution in [0, 0.1) is 6.92 Å². The average Bonchev–Trinajstić information content (AvgIpc) is 2.95. The maximum absolute atomic E-state index is 11.6. The summed E-state index contributed by atoms with van der Waals surface area (Å²) in [7, 11) is 0. The molecular formula is C10H12N6O4. The highest BCUT2D eigenvalue weighted by molar-refractivity contribution is 5.90. The monoisotopic (exact) mass is 280 g/mol. The first-order valence-corrected chi connectivity index (χ1v) is 5.74. The first kappa shape index (κ1) is 13.6. The van der Waals surface area contributed by atoms with Gasteiger partial charge in [0, 0.05) is 6.92 Å². The van der Waals surface area contributed by atoms with E-state index in [-0.39, 0.29) is 29.8 Å². The van der Waals surface area contributed by atoms with Crippen molar-refractivity contribution in [2.75, 3.05) is 11.9 Å². The van der Waals surface area contributed by atoms with Crippen LogP contribution in [0.25, 0.3) is 5.82 Å². The lowest BCUT2D eigenvalue weighted by molar-refractivity contribution is -0.114. The molecule has 2 heterocycles. The van der Waals surface area contributed by atoms with Crippen LogP contribution >= 0.6 is 0 Å². The molecule has 0 aromatic carbocycles. The van der Waals surface area contributed by atoms with Gasteiger partial charge in [-0.3, -0.25) is 4.79 Å². The molecule has 2 aromatic rings. The van der Waals surface area contributed by atoms with E-state index >= 15 is 0 Å². The van der Waals surface area contributed by atoms with Crippen LogP contribution in [0.5, 0.6) is 0 Å². The predicted octanol–water partition coefficient (Wildman–Crippen LogP) is 0.0938. The highest BCUT2D eigenvalue weighted by Gasteiger charge is 2.22. The van der Waals surface area contributed by atoms with Gasteiger partial charge in [0.1, 0.15) is 0 Å². The molecule has 0 aliphatic heterocycles. The molecule has 0 spiro atoms. The second kappa shape index (κ2) is 5.47. The van der Waals surface area contributed by atoms with Gasteiger partial charge in [0.2, 0.25) is 17.5 Å². The molecule has 0 unspecified atom stereocenters. The zero-order valence-electron chi connectivity index (χ0n) is 11.1. The molecule has 10 nitrogen and oxygen atoms in total. The van der Waals surface area contributed by atoms with Crippen LogP contribution in [0.15, 0.2) is 4.63 Å². The molecule has 0 aliphatic carbocycles. The van der Waals surface area contributed by atoms with Crippen LogP contribution in [0.4, 0.5) is 5.82 Å². The molecule has 10 heteroatoms. The topological polar surface area (TPSA) is 125 Å². The Morgan fingerprint density at radius 1 is 1.40 bits per heavy atom. The largest absolute Gasteiger partial charge is 0.461 e. The molecule has 0 fully saturated rings.